The number of nitrogens with zero attached hydrogens (tertiary/aromatic N) is 2. The maximum absolute atomic E-state index is 13.5. The van der Waals surface area contributed by atoms with Gasteiger partial charge in [0.05, 0.1) is 24.6 Å². The van der Waals surface area contributed by atoms with Gasteiger partial charge < -0.3 is 15.3 Å². The number of imidazole rings is 1. The van der Waals surface area contributed by atoms with E-state index < -0.39 is 6.17 Å². The van der Waals surface area contributed by atoms with E-state index >= 15 is 0 Å². The molecule has 5 heteroatoms. The number of fused-ring (bicyclic) bond motifs is 2. The first-order chi connectivity index (χ1) is 9.72. The lowest BCUT2D eigenvalue weighted by Crippen LogP contribution is -2.15. The minimum absolute atomic E-state index is 0.344. The molecule has 20 heavy (non-hydrogen) atoms. The first kappa shape index (κ1) is 11.7. The van der Waals surface area contributed by atoms with Gasteiger partial charge in [-0.25, -0.2) is 9.37 Å². The SMILES string of the molecule is N[C@@H](c1cc2ccccc2[nH]1)c1ncn2c1C[C@@H](F)C2. The summed E-state index contributed by atoms with van der Waals surface area (Å²) in [6, 6.07) is 9.72. The molecule has 4 rings (SSSR count). The number of nitrogens with two attached hydrogens (primary N) is 1. The second kappa shape index (κ2) is 4.18. The molecule has 3 N–H and O–H groups in total. The highest BCUT2D eigenvalue weighted by Gasteiger charge is 2.28. The summed E-state index contributed by atoms with van der Waals surface area (Å²) >= 11 is 0. The molecule has 0 aliphatic carbocycles. The fourth-order valence-electron chi connectivity index (χ4n) is 2.96. The monoisotopic (exact) mass is 270 g/mol. The standard InChI is InChI=1S/C15H15FN4/c16-10-6-13-15(18-8-20(13)7-10)14(17)12-5-9-3-1-2-4-11(9)19-12/h1-5,8,10,14,19H,6-7,17H2/t10-,14+/m1/s1. The number of benzene rings is 1. The molecule has 102 valence electrons. The van der Waals surface area contributed by atoms with E-state index in [0.717, 1.165) is 28.0 Å². The minimum Gasteiger partial charge on any atom is -0.357 e. The number of rotatable bonds is 2. The molecule has 3 heterocycles. The van der Waals surface area contributed by atoms with Crippen LogP contribution in [-0.4, -0.2) is 20.7 Å². The van der Waals surface area contributed by atoms with Gasteiger partial charge in [-0.1, -0.05) is 18.2 Å². The molecule has 1 aliphatic rings. The number of H-pyrrole nitrogens is 1. The van der Waals surface area contributed by atoms with Crippen LogP contribution in [-0.2, 0) is 13.0 Å². The Morgan fingerprint density at radius 1 is 1.40 bits per heavy atom. The van der Waals surface area contributed by atoms with E-state index in [1.165, 1.54) is 0 Å². The van der Waals surface area contributed by atoms with Crippen molar-refractivity contribution in [2.75, 3.05) is 0 Å². The summed E-state index contributed by atoms with van der Waals surface area (Å²) in [7, 11) is 0. The summed E-state index contributed by atoms with van der Waals surface area (Å²) in [5.41, 5.74) is 9.97. The molecule has 3 aromatic rings. The highest BCUT2D eigenvalue weighted by atomic mass is 19.1. The molecule has 0 bridgehead atoms. The van der Waals surface area contributed by atoms with Crippen molar-refractivity contribution >= 4 is 10.9 Å². The van der Waals surface area contributed by atoms with E-state index in [1.54, 1.807) is 6.33 Å². The van der Waals surface area contributed by atoms with Gasteiger partial charge in [-0.3, -0.25) is 0 Å². The van der Waals surface area contributed by atoms with Crippen LogP contribution in [0.15, 0.2) is 36.7 Å². The van der Waals surface area contributed by atoms with Crippen molar-refractivity contribution in [3.8, 4) is 0 Å². The summed E-state index contributed by atoms with van der Waals surface area (Å²) in [5.74, 6) is 0. The van der Waals surface area contributed by atoms with E-state index in [2.05, 4.69) is 9.97 Å². The van der Waals surface area contributed by atoms with Crippen LogP contribution in [0.25, 0.3) is 10.9 Å². The van der Waals surface area contributed by atoms with Gasteiger partial charge in [0.2, 0.25) is 0 Å². The molecule has 0 fully saturated rings. The predicted octanol–water partition coefficient (Wildman–Crippen LogP) is 2.31. The molecule has 0 spiro atoms. The van der Waals surface area contributed by atoms with Gasteiger partial charge in [-0.15, -0.1) is 0 Å². The zero-order valence-electron chi connectivity index (χ0n) is 10.9. The lowest BCUT2D eigenvalue weighted by Gasteiger charge is -2.08. The first-order valence-corrected chi connectivity index (χ1v) is 6.73. The second-order valence-corrected chi connectivity index (χ2v) is 5.32. The van der Waals surface area contributed by atoms with Crippen molar-refractivity contribution in [3.63, 3.8) is 0 Å². The lowest BCUT2D eigenvalue weighted by molar-refractivity contribution is 0.328. The van der Waals surface area contributed by atoms with E-state index in [4.69, 9.17) is 5.73 Å². The van der Waals surface area contributed by atoms with Crippen molar-refractivity contribution in [2.24, 2.45) is 5.73 Å². The molecule has 2 aromatic heterocycles. The largest absolute Gasteiger partial charge is 0.357 e. The Hall–Kier alpha value is -2.14. The summed E-state index contributed by atoms with van der Waals surface area (Å²) in [6.45, 7) is 0.391. The van der Waals surface area contributed by atoms with Crippen LogP contribution < -0.4 is 5.73 Å². The third kappa shape index (κ3) is 1.67. The zero-order valence-corrected chi connectivity index (χ0v) is 10.9. The number of nitrogens with one attached hydrogen (secondary N) is 1. The van der Waals surface area contributed by atoms with Crippen LogP contribution in [0, 0.1) is 0 Å². The molecule has 0 saturated carbocycles. The molecule has 0 amide bonds. The number of aromatic amines is 1. The Bertz CT molecular complexity index is 740. The maximum Gasteiger partial charge on any atom is 0.123 e. The van der Waals surface area contributed by atoms with Crippen molar-refractivity contribution in [1.82, 2.24) is 14.5 Å². The van der Waals surface area contributed by atoms with E-state index in [1.807, 2.05) is 34.9 Å². The van der Waals surface area contributed by atoms with E-state index in [-0.39, 0.29) is 6.04 Å². The Morgan fingerprint density at radius 2 is 2.25 bits per heavy atom. The van der Waals surface area contributed by atoms with Crippen LogP contribution in [0.1, 0.15) is 23.1 Å². The molecule has 0 unspecified atom stereocenters. The summed E-state index contributed by atoms with van der Waals surface area (Å²) in [5, 5.41) is 1.12. The fraction of sp³-hybridized carbons (Fsp3) is 0.267. The number of hydrogen-bond acceptors (Lipinski definition) is 2. The molecule has 2 atom stereocenters. The summed E-state index contributed by atoms with van der Waals surface area (Å²) in [6.07, 6.45) is 1.28. The van der Waals surface area contributed by atoms with Crippen molar-refractivity contribution in [3.05, 3.63) is 53.7 Å². The summed E-state index contributed by atoms with van der Waals surface area (Å²) in [4.78, 5) is 7.69. The van der Waals surface area contributed by atoms with Gasteiger partial charge in [0, 0.05) is 23.3 Å². The topological polar surface area (TPSA) is 59.6 Å². The third-order valence-corrected chi connectivity index (χ3v) is 3.97. The Labute approximate surface area is 115 Å². The van der Waals surface area contributed by atoms with Crippen LogP contribution in [0.2, 0.25) is 0 Å². The number of para-hydroxylation sites is 1. The smallest absolute Gasteiger partial charge is 0.123 e. The Morgan fingerprint density at radius 3 is 3.10 bits per heavy atom. The van der Waals surface area contributed by atoms with Gasteiger partial charge in [0.1, 0.15) is 6.17 Å². The number of aromatic nitrogens is 3. The lowest BCUT2D eigenvalue weighted by atomic mass is 10.1. The molecule has 0 saturated heterocycles. The molecular weight excluding hydrogens is 255 g/mol. The first-order valence-electron chi connectivity index (χ1n) is 6.73. The van der Waals surface area contributed by atoms with Gasteiger partial charge in [0.25, 0.3) is 0 Å². The highest BCUT2D eigenvalue weighted by molar-refractivity contribution is 5.80. The van der Waals surface area contributed by atoms with Gasteiger partial charge in [-0.05, 0) is 17.5 Å². The van der Waals surface area contributed by atoms with Crippen LogP contribution in [0.4, 0.5) is 4.39 Å². The average molecular weight is 270 g/mol. The number of alkyl halides is 1. The molecule has 0 radical (unpaired) electrons. The van der Waals surface area contributed by atoms with Crippen molar-refractivity contribution in [2.45, 2.75) is 25.2 Å². The van der Waals surface area contributed by atoms with E-state index in [9.17, 15) is 4.39 Å². The minimum atomic E-state index is -0.818. The van der Waals surface area contributed by atoms with Gasteiger partial charge in [0.15, 0.2) is 0 Å². The molecule has 1 aromatic carbocycles. The third-order valence-electron chi connectivity index (χ3n) is 3.97. The number of halogens is 1. The summed E-state index contributed by atoms with van der Waals surface area (Å²) < 4.78 is 15.3. The number of hydrogen-bond donors (Lipinski definition) is 2. The zero-order chi connectivity index (χ0) is 13.7. The van der Waals surface area contributed by atoms with Gasteiger partial charge in [-0.2, -0.15) is 0 Å². The maximum atomic E-state index is 13.5. The normalized spacial score (nSPS) is 19.4. The predicted molar refractivity (Wildman–Crippen MR) is 75.2 cm³/mol. The molecule has 1 aliphatic heterocycles. The van der Waals surface area contributed by atoms with Crippen LogP contribution in [0.3, 0.4) is 0 Å². The van der Waals surface area contributed by atoms with Gasteiger partial charge >= 0.3 is 0 Å². The second-order valence-electron chi connectivity index (χ2n) is 5.32. The average Bonchev–Trinajstić information content (AvgIpc) is 3.10. The van der Waals surface area contributed by atoms with Crippen LogP contribution in [0.5, 0.6) is 0 Å². The molecular formula is C15H15FN4. The molecule has 4 nitrogen and oxygen atoms in total. The quantitative estimate of drug-likeness (QED) is 0.750. The van der Waals surface area contributed by atoms with Crippen LogP contribution >= 0.6 is 0 Å². The van der Waals surface area contributed by atoms with Crippen molar-refractivity contribution < 1.29 is 4.39 Å². The van der Waals surface area contributed by atoms with E-state index in [0.29, 0.717) is 13.0 Å². The van der Waals surface area contributed by atoms with Crippen molar-refractivity contribution in [1.29, 1.82) is 0 Å². The fourth-order valence-corrected chi connectivity index (χ4v) is 2.96. The Kier molecular flexibility index (Phi) is 2.44. The Balaban J connectivity index is 1.75. The highest BCUT2D eigenvalue weighted by Crippen LogP contribution is 2.28.